The van der Waals surface area contributed by atoms with E-state index in [1.54, 1.807) is 6.20 Å². The molecule has 2 aromatic rings. The Labute approximate surface area is 93.2 Å². The minimum atomic E-state index is 0.818. The highest BCUT2D eigenvalue weighted by molar-refractivity contribution is 7.12. The van der Waals surface area contributed by atoms with Crippen LogP contribution in [0.2, 0.25) is 0 Å². The molecule has 0 fully saturated rings. The van der Waals surface area contributed by atoms with Gasteiger partial charge in [0.2, 0.25) is 0 Å². The first kappa shape index (κ1) is 10.1. The molecule has 0 radical (unpaired) electrons. The Balaban J connectivity index is 1.99. The molecule has 1 N–H and O–H groups in total. The molecule has 2 rings (SSSR count). The molecule has 0 amide bonds. The van der Waals surface area contributed by atoms with Crippen LogP contribution in [-0.2, 0) is 6.54 Å². The molecule has 0 unspecified atom stereocenters. The fourth-order valence-corrected chi connectivity index (χ4v) is 2.30. The standard InChI is InChI=1S/C11H13N3S/c1-8-6-10(15-9(8)2)7-12-11-4-3-5-13-14-11/h3-6H,7H2,1-2H3,(H,12,14). The quantitative estimate of drug-likeness (QED) is 0.862. The zero-order valence-electron chi connectivity index (χ0n) is 8.82. The van der Waals surface area contributed by atoms with Gasteiger partial charge in [0.25, 0.3) is 0 Å². The van der Waals surface area contributed by atoms with Gasteiger partial charge in [0.15, 0.2) is 0 Å². The largest absolute Gasteiger partial charge is 0.364 e. The van der Waals surface area contributed by atoms with E-state index >= 15 is 0 Å². The highest BCUT2D eigenvalue weighted by atomic mass is 32.1. The highest BCUT2D eigenvalue weighted by Gasteiger charge is 2.01. The summed E-state index contributed by atoms with van der Waals surface area (Å²) in [6.07, 6.45) is 1.67. The van der Waals surface area contributed by atoms with Crippen molar-refractivity contribution in [1.82, 2.24) is 10.2 Å². The number of hydrogen-bond acceptors (Lipinski definition) is 4. The molecule has 4 heteroatoms. The molecule has 2 heterocycles. The molecule has 0 atom stereocenters. The van der Waals surface area contributed by atoms with Gasteiger partial charge in [-0.05, 0) is 37.6 Å². The first-order chi connectivity index (χ1) is 7.25. The Hall–Kier alpha value is -1.42. The van der Waals surface area contributed by atoms with Crippen LogP contribution in [-0.4, -0.2) is 10.2 Å². The van der Waals surface area contributed by atoms with Crippen LogP contribution in [0, 0.1) is 13.8 Å². The topological polar surface area (TPSA) is 37.8 Å². The van der Waals surface area contributed by atoms with E-state index in [0.29, 0.717) is 0 Å². The van der Waals surface area contributed by atoms with Crippen LogP contribution in [0.5, 0.6) is 0 Å². The van der Waals surface area contributed by atoms with E-state index in [1.807, 2.05) is 23.5 Å². The van der Waals surface area contributed by atoms with Gasteiger partial charge in [-0.3, -0.25) is 0 Å². The Morgan fingerprint density at radius 2 is 2.27 bits per heavy atom. The van der Waals surface area contributed by atoms with Gasteiger partial charge in [0, 0.05) is 16.0 Å². The maximum Gasteiger partial charge on any atom is 0.148 e. The van der Waals surface area contributed by atoms with E-state index in [2.05, 4.69) is 35.4 Å². The molecular formula is C11H13N3S. The SMILES string of the molecule is Cc1cc(CNc2cccnn2)sc1C. The third kappa shape index (κ3) is 2.53. The summed E-state index contributed by atoms with van der Waals surface area (Å²) in [6.45, 7) is 5.10. The van der Waals surface area contributed by atoms with Crippen molar-refractivity contribution >= 4 is 17.2 Å². The van der Waals surface area contributed by atoms with E-state index in [9.17, 15) is 0 Å². The molecule has 0 aliphatic carbocycles. The van der Waals surface area contributed by atoms with Gasteiger partial charge in [-0.2, -0.15) is 5.10 Å². The Kier molecular flexibility index (Phi) is 2.97. The number of anilines is 1. The van der Waals surface area contributed by atoms with Crippen molar-refractivity contribution in [3.63, 3.8) is 0 Å². The van der Waals surface area contributed by atoms with E-state index < -0.39 is 0 Å². The van der Waals surface area contributed by atoms with Crippen LogP contribution in [0.3, 0.4) is 0 Å². The average Bonchev–Trinajstić information content (AvgIpc) is 2.57. The van der Waals surface area contributed by atoms with Gasteiger partial charge in [0.05, 0.1) is 6.54 Å². The van der Waals surface area contributed by atoms with E-state index in [-0.39, 0.29) is 0 Å². The number of aryl methyl sites for hydroxylation is 2. The fraction of sp³-hybridized carbons (Fsp3) is 0.273. The number of nitrogens with zero attached hydrogens (tertiary/aromatic N) is 2. The zero-order chi connectivity index (χ0) is 10.7. The fourth-order valence-electron chi connectivity index (χ4n) is 1.31. The lowest BCUT2D eigenvalue weighted by atomic mass is 10.3. The summed E-state index contributed by atoms with van der Waals surface area (Å²) in [5.41, 5.74) is 1.36. The first-order valence-electron chi connectivity index (χ1n) is 4.83. The van der Waals surface area contributed by atoms with E-state index in [1.165, 1.54) is 15.3 Å². The van der Waals surface area contributed by atoms with Crippen molar-refractivity contribution < 1.29 is 0 Å². The van der Waals surface area contributed by atoms with Gasteiger partial charge in [-0.15, -0.1) is 16.4 Å². The molecule has 15 heavy (non-hydrogen) atoms. The second-order valence-corrected chi connectivity index (χ2v) is 4.76. The van der Waals surface area contributed by atoms with Crippen LogP contribution >= 0.6 is 11.3 Å². The van der Waals surface area contributed by atoms with Crippen molar-refractivity contribution in [1.29, 1.82) is 0 Å². The van der Waals surface area contributed by atoms with Crippen molar-refractivity contribution in [2.24, 2.45) is 0 Å². The molecule has 0 saturated heterocycles. The number of aromatic nitrogens is 2. The van der Waals surface area contributed by atoms with Gasteiger partial charge < -0.3 is 5.32 Å². The number of hydrogen-bond donors (Lipinski definition) is 1. The lowest BCUT2D eigenvalue weighted by Crippen LogP contribution is -1.99. The molecular weight excluding hydrogens is 206 g/mol. The van der Waals surface area contributed by atoms with E-state index in [0.717, 1.165) is 12.4 Å². The number of thiophene rings is 1. The Bertz CT molecular complexity index is 417. The van der Waals surface area contributed by atoms with Crippen LogP contribution in [0.1, 0.15) is 15.3 Å². The predicted octanol–water partition coefficient (Wildman–Crippen LogP) is 2.77. The van der Waals surface area contributed by atoms with Crippen molar-refractivity contribution in [2.45, 2.75) is 20.4 Å². The molecule has 0 aliphatic rings. The minimum Gasteiger partial charge on any atom is -0.364 e. The van der Waals surface area contributed by atoms with Crippen LogP contribution < -0.4 is 5.32 Å². The molecule has 0 saturated carbocycles. The van der Waals surface area contributed by atoms with Crippen LogP contribution in [0.4, 0.5) is 5.82 Å². The van der Waals surface area contributed by atoms with Gasteiger partial charge >= 0.3 is 0 Å². The Morgan fingerprint density at radius 3 is 2.87 bits per heavy atom. The summed E-state index contributed by atoms with van der Waals surface area (Å²) in [6, 6.07) is 6.00. The first-order valence-corrected chi connectivity index (χ1v) is 5.65. The Morgan fingerprint density at radius 1 is 1.40 bits per heavy atom. The van der Waals surface area contributed by atoms with Crippen molar-refractivity contribution in [3.05, 3.63) is 39.7 Å². The summed E-state index contributed by atoms with van der Waals surface area (Å²) in [7, 11) is 0. The molecule has 2 aromatic heterocycles. The smallest absolute Gasteiger partial charge is 0.148 e. The molecule has 3 nitrogen and oxygen atoms in total. The number of rotatable bonds is 3. The minimum absolute atomic E-state index is 0.818. The van der Waals surface area contributed by atoms with Crippen LogP contribution in [0.15, 0.2) is 24.4 Å². The molecule has 0 bridgehead atoms. The molecule has 78 valence electrons. The lowest BCUT2D eigenvalue weighted by molar-refractivity contribution is 1.01. The molecule has 0 aliphatic heterocycles. The molecule has 0 spiro atoms. The summed E-state index contributed by atoms with van der Waals surface area (Å²) < 4.78 is 0. The lowest BCUT2D eigenvalue weighted by Gasteiger charge is -2.01. The summed E-state index contributed by atoms with van der Waals surface area (Å²) in [5, 5.41) is 11.0. The van der Waals surface area contributed by atoms with Gasteiger partial charge in [-0.25, -0.2) is 0 Å². The monoisotopic (exact) mass is 219 g/mol. The average molecular weight is 219 g/mol. The molecule has 0 aromatic carbocycles. The zero-order valence-corrected chi connectivity index (χ0v) is 9.64. The van der Waals surface area contributed by atoms with E-state index in [4.69, 9.17) is 0 Å². The third-order valence-corrected chi connectivity index (χ3v) is 3.39. The predicted molar refractivity (Wildman–Crippen MR) is 63.2 cm³/mol. The normalized spacial score (nSPS) is 10.3. The van der Waals surface area contributed by atoms with Crippen molar-refractivity contribution in [2.75, 3.05) is 5.32 Å². The van der Waals surface area contributed by atoms with Crippen LogP contribution in [0.25, 0.3) is 0 Å². The second-order valence-electron chi connectivity index (χ2n) is 3.41. The number of nitrogens with one attached hydrogen (secondary N) is 1. The summed E-state index contributed by atoms with van der Waals surface area (Å²) in [5.74, 6) is 0.821. The summed E-state index contributed by atoms with van der Waals surface area (Å²) >= 11 is 1.82. The highest BCUT2D eigenvalue weighted by Crippen LogP contribution is 2.21. The third-order valence-electron chi connectivity index (χ3n) is 2.23. The van der Waals surface area contributed by atoms with Gasteiger partial charge in [0.1, 0.15) is 5.82 Å². The second kappa shape index (κ2) is 4.40. The maximum absolute atomic E-state index is 3.97. The van der Waals surface area contributed by atoms with Crippen molar-refractivity contribution in [3.8, 4) is 0 Å². The van der Waals surface area contributed by atoms with Gasteiger partial charge in [-0.1, -0.05) is 0 Å². The maximum atomic E-state index is 3.97. The summed E-state index contributed by atoms with van der Waals surface area (Å²) in [4.78, 5) is 2.71.